The molecule has 4 aliphatic rings. The minimum Gasteiger partial charge on any atom is -0.0651 e. The Kier molecular flexibility index (Phi) is 0.574. The van der Waals surface area contributed by atoms with Crippen molar-refractivity contribution in [3.63, 3.8) is 0 Å². The molecule has 0 saturated heterocycles. The van der Waals surface area contributed by atoms with Crippen LogP contribution in [0.15, 0.2) is 0 Å². The van der Waals surface area contributed by atoms with Gasteiger partial charge in [-0.15, -0.1) is 0 Å². The molecule has 0 aliphatic heterocycles. The first kappa shape index (κ1) is 4.76. The molecular formula is C9H14. The van der Waals surface area contributed by atoms with Gasteiger partial charge in [0.2, 0.25) is 0 Å². The van der Waals surface area contributed by atoms with E-state index in [1.54, 1.807) is 19.3 Å². The first-order valence-electron chi connectivity index (χ1n) is 4.37. The van der Waals surface area contributed by atoms with Crippen LogP contribution in [0.2, 0.25) is 0 Å². The smallest absolute Gasteiger partial charge is 0.0232 e. The van der Waals surface area contributed by atoms with Gasteiger partial charge in [-0.25, -0.2) is 0 Å². The fraction of sp³-hybridized carbons (Fsp3) is 1.00. The quantitative estimate of drug-likeness (QED) is 0.501. The van der Waals surface area contributed by atoms with E-state index in [2.05, 4.69) is 6.92 Å². The second-order valence-electron chi connectivity index (χ2n) is 4.35. The molecule has 4 atom stereocenters. The third kappa shape index (κ3) is 0.320. The van der Waals surface area contributed by atoms with Crippen LogP contribution in [0.1, 0.15) is 32.6 Å². The van der Waals surface area contributed by atoms with E-state index < -0.39 is 0 Å². The molecule has 50 valence electrons. The highest BCUT2D eigenvalue weighted by Gasteiger charge is 2.74. The Morgan fingerprint density at radius 1 is 1.44 bits per heavy atom. The van der Waals surface area contributed by atoms with Crippen LogP contribution < -0.4 is 0 Å². The fourth-order valence-corrected chi connectivity index (χ4v) is 3.75. The van der Waals surface area contributed by atoms with Gasteiger partial charge in [0.15, 0.2) is 0 Å². The molecule has 0 aromatic rings. The van der Waals surface area contributed by atoms with E-state index in [9.17, 15) is 0 Å². The Labute approximate surface area is 56.6 Å². The molecule has 4 saturated carbocycles. The average molecular weight is 122 g/mol. The summed E-state index contributed by atoms with van der Waals surface area (Å²) in [4.78, 5) is 0. The highest BCUT2D eigenvalue weighted by Crippen LogP contribution is 2.82. The van der Waals surface area contributed by atoms with E-state index in [0.29, 0.717) is 0 Å². The number of fused-ring (bicyclic) bond motifs is 1. The van der Waals surface area contributed by atoms with Gasteiger partial charge in [0.1, 0.15) is 0 Å². The lowest BCUT2D eigenvalue weighted by Gasteiger charge is -2.23. The lowest BCUT2D eigenvalue weighted by molar-refractivity contribution is 0.252. The average Bonchev–Trinajstić information content (AvgIpc) is 2.23. The summed E-state index contributed by atoms with van der Waals surface area (Å²) in [6.45, 7) is 2.37. The third-order valence-corrected chi connectivity index (χ3v) is 4.28. The molecule has 0 aromatic heterocycles. The highest BCUT2D eigenvalue weighted by atomic mass is 14.8. The molecule has 0 amide bonds. The van der Waals surface area contributed by atoms with Gasteiger partial charge in [-0.05, 0) is 42.4 Å². The molecule has 1 spiro atoms. The molecule has 4 aliphatic carbocycles. The lowest BCUT2D eigenvalue weighted by atomic mass is 9.81. The van der Waals surface area contributed by atoms with Crippen LogP contribution in [0, 0.1) is 23.2 Å². The first-order valence-corrected chi connectivity index (χ1v) is 4.37. The molecule has 0 aromatic carbocycles. The summed E-state index contributed by atoms with van der Waals surface area (Å²) in [5, 5.41) is 0. The van der Waals surface area contributed by atoms with Crippen molar-refractivity contribution in [2.24, 2.45) is 23.2 Å². The Hall–Kier alpha value is 0. The van der Waals surface area contributed by atoms with Crippen molar-refractivity contribution in [1.82, 2.24) is 0 Å². The van der Waals surface area contributed by atoms with Crippen molar-refractivity contribution < 1.29 is 0 Å². The molecule has 0 heteroatoms. The van der Waals surface area contributed by atoms with E-state index >= 15 is 0 Å². The van der Waals surface area contributed by atoms with Gasteiger partial charge in [0.05, 0.1) is 0 Å². The number of rotatable bonds is 1. The van der Waals surface area contributed by atoms with Crippen LogP contribution in [0.4, 0.5) is 0 Å². The molecule has 2 bridgehead atoms. The topological polar surface area (TPSA) is 0 Å². The Morgan fingerprint density at radius 3 is 2.56 bits per heavy atom. The van der Waals surface area contributed by atoms with E-state index in [4.69, 9.17) is 0 Å². The van der Waals surface area contributed by atoms with E-state index in [0.717, 1.165) is 11.3 Å². The summed E-state index contributed by atoms with van der Waals surface area (Å²) in [6.07, 6.45) is 6.31. The van der Waals surface area contributed by atoms with E-state index in [1.165, 1.54) is 18.3 Å². The van der Waals surface area contributed by atoms with Gasteiger partial charge in [-0.1, -0.05) is 13.3 Å². The second kappa shape index (κ2) is 1.09. The van der Waals surface area contributed by atoms with Gasteiger partial charge in [0, 0.05) is 0 Å². The summed E-state index contributed by atoms with van der Waals surface area (Å²) in [7, 11) is 0. The van der Waals surface area contributed by atoms with Gasteiger partial charge in [-0.3, -0.25) is 0 Å². The van der Waals surface area contributed by atoms with Crippen molar-refractivity contribution >= 4 is 0 Å². The number of hydrogen-bond donors (Lipinski definition) is 0. The summed E-state index contributed by atoms with van der Waals surface area (Å²) in [5.41, 5.74) is 0.972. The van der Waals surface area contributed by atoms with Gasteiger partial charge in [0.25, 0.3) is 0 Å². The van der Waals surface area contributed by atoms with Gasteiger partial charge in [-0.2, -0.15) is 0 Å². The third-order valence-electron chi connectivity index (χ3n) is 4.28. The monoisotopic (exact) mass is 122 g/mol. The zero-order valence-electron chi connectivity index (χ0n) is 6.06. The van der Waals surface area contributed by atoms with Gasteiger partial charge >= 0.3 is 0 Å². The molecule has 0 radical (unpaired) electrons. The highest BCUT2D eigenvalue weighted by molar-refractivity contribution is 5.23. The van der Waals surface area contributed by atoms with Crippen molar-refractivity contribution in [3.05, 3.63) is 0 Å². The van der Waals surface area contributed by atoms with Crippen LogP contribution in [0.3, 0.4) is 0 Å². The largest absolute Gasteiger partial charge is 0.0651 e. The molecule has 4 fully saturated rings. The van der Waals surface area contributed by atoms with Crippen molar-refractivity contribution in [2.45, 2.75) is 32.6 Å². The maximum atomic E-state index is 2.37. The van der Waals surface area contributed by atoms with Crippen LogP contribution in [-0.4, -0.2) is 0 Å². The van der Waals surface area contributed by atoms with Crippen LogP contribution >= 0.6 is 0 Å². The molecule has 4 rings (SSSR count). The minimum absolute atomic E-state index is 0.972. The predicted molar refractivity (Wildman–Crippen MR) is 37.0 cm³/mol. The Bertz CT molecular complexity index is 161. The van der Waals surface area contributed by atoms with Crippen molar-refractivity contribution in [1.29, 1.82) is 0 Å². The van der Waals surface area contributed by atoms with E-state index in [-0.39, 0.29) is 0 Å². The zero-order valence-corrected chi connectivity index (χ0v) is 6.06. The Balaban J connectivity index is 1.94. The van der Waals surface area contributed by atoms with E-state index in [1.807, 2.05) is 0 Å². The van der Waals surface area contributed by atoms with Crippen LogP contribution in [0.5, 0.6) is 0 Å². The maximum absolute atomic E-state index is 2.37. The van der Waals surface area contributed by atoms with Gasteiger partial charge < -0.3 is 0 Å². The normalized spacial score (nSPS) is 67.0. The Morgan fingerprint density at radius 2 is 2.33 bits per heavy atom. The molecule has 4 unspecified atom stereocenters. The minimum atomic E-state index is 0.972. The maximum Gasteiger partial charge on any atom is -0.0232 e. The van der Waals surface area contributed by atoms with Crippen molar-refractivity contribution in [2.75, 3.05) is 0 Å². The lowest BCUT2D eigenvalue weighted by Crippen LogP contribution is -2.16. The van der Waals surface area contributed by atoms with Crippen LogP contribution in [0.25, 0.3) is 0 Å². The summed E-state index contributed by atoms with van der Waals surface area (Å²) < 4.78 is 0. The van der Waals surface area contributed by atoms with Crippen LogP contribution in [-0.2, 0) is 0 Å². The SMILES string of the molecule is CCC1CC2CC13CC23. The summed E-state index contributed by atoms with van der Waals surface area (Å²) in [5.74, 6) is 3.60. The fourth-order valence-electron chi connectivity index (χ4n) is 3.75. The standard InChI is InChI=1S/C9H14/c1-2-7-3-6-4-9(7)5-8(6)9/h6-8H,2-5H2,1H3. The molecule has 0 heterocycles. The molecule has 9 heavy (non-hydrogen) atoms. The zero-order chi connectivity index (χ0) is 6.06. The summed E-state index contributed by atoms with van der Waals surface area (Å²) >= 11 is 0. The molecule has 0 N–H and O–H groups in total. The molecule has 0 nitrogen and oxygen atoms in total. The second-order valence-corrected chi connectivity index (χ2v) is 4.35. The predicted octanol–water partition coefficient (Wildman–Crippen LogP) is 2.44. The van der Waals surface area contributed by atoms with Crippen molar-refractivity contribution in [3.8, 4) is 0 Å². The summed E-state index contributed by atoms with van der Waals surface area (Å²) in [6, 6.07) is 0. The first-order chi connectivity index (χ1) is 4.37. The molecular weight excluding hydrogens is 108 g/mol. The number of hydrogen-bond acceptors (Lipinski definition) is 0.